The van der Waals surface area contributed by atoms with Crippen molar-refractivity contribution < 1.29 is 13.5 Å². The quantitative estimate of drug-likeness (QED) is 0.235. The molecule has 3 nitrogen and oxygen atoms in total. The van der Waals surface area contributed by atoms with Gasteiger partial charge >= 0.3 is 0 Å². The Labute approximate surface area is 199 Å². The van der Waals surface area contributed by atoms with E-state index in [1.54, 1.807) is 6.92 Å². The standard InChI is InChI=1S/C28H48O3S/c1-8-21-32(30,31)28(29)22-27(7)20-12-19-26(6)18-11-17-25(5)16-10-15-24(4)14-9-13-23(2)3/h13,15,17,19,22,28-29H,8-12,14,16,18,20-21H2,1-7H3/b24-15+,25-17+,26-19+,27-22+. The lowest BCUT2D eigenvalue weighted by Crippen LogP contribution is -2.21. The molecule has 0 heterocycles. The summed E-state index contributed by atoms with van der Waals surface area (Å²) in [5.74, 6) is 0.0239. The third kappa shape index (κ3) is 16.3. The first kappa shape index (κ1) is 30.6. The van der Waals surface area contributed by atoms with Gasteiger partial charge in [0.15, 0.2) is 15.3 Å². The van der Waals surface area contributed by atoms with Crippen molar-refractivity contribution >= 4 is 9.84 Å². The van der Waals surface area contributed by atoms with Crippen LogP contribution in [0.15, 0.2) is 58.2 Å². The van der Waals surface area contributed by atoms with Crippen LogP contribution in [0.2, 0.25) is 0 Å². The minimum absolute atomic E-state index is 0.0239. The molecule has 0 fully saturated rings. The van der Waals surface area contributed by atoms with Crippen molar-refractivity contribution in [3.63, 3.8) is 0 Å². The van der Waals surface area contributed by atoms with Crippen LogP contribution >= 0.6 is 0 Å². The van der Waals surface area contributed by atoms with Crippen LogP contribution < -0.4 is 0 Å². The number of allylic oxidation sites excluding steroid dienone is 9. The van der Waals surface area contributed by atoms with E-state index in [4.69, 9.17) is 0 Å². The Bertz CT molecular complexity index is 789. The molecule has 0 rings (SSSR count). The molecule has 0 saturated heterocycles. The predicted octanol–water partition coefficient (Wildman–Crippen LogP) is 8.00. The first-order valence-corrected chi connectivity index (χ1v) is 13.9. The fourth-order valence-electron chi connectivity index (χ4n) is 3.37. The first-order chi connectivity index (χ1) is 15.0. The van der Waals surface area contributed by atoms with E-state index in [2.05, 4.69) is 58.9 Å². The molecule has 0 aromatic heterocycles. The van der Waals surface area contributed by atoms with E-state index in [0.717, 1.165) is 56.9 Å². The molecule has 1 unspecified atom stereocenters. The first-order valence-electron chi connectivity index (χ1n) is 12.1. The highest BCUT2D eigenvalue weighted by atomic mass is 32.2. The van der Waals surface area contributed by atoms with E-state index in [-0.39, 0.29) is 5.75 Å². The van der Waals surface area contributed by atoms with Gasteiger partial charge in [0.25, 0.3) is 0 Å². The third-order valence-corrected chi connectivity index (χ3v) is 7.32. The summed E-state index contributed by atoms with van der Waals surface area (Å²) >= 11 is 0. The maximum Gasteiger partial charge on any atom is 0.180 e. The molecule has 0 aliphatic rings. The van der Waals surface area contributed by atoms with Crippen LogP contribution in [0.3, 0.4) is 0 Å². The summed E-state index contributed by atoms with van der Waals surface area (Å²) in [5.41, 5.74) is 5.22. The molecule has 1 N–H and O–H groups in total. The van der Waals surface area contributed by atoms with E-state index in [1.807, 2.05) is 6.92 Å². The Hall–Kier alpha value is -1.39. The van der Waals surface area contributed by atoms with Gasteiger partial charge in [-0.2, -0.15) is 0 Å². The lowest BCUT2D eigenvalue weighted by Gasteiger charge is -2.08. The van der Waals surface area contributed by atoms with Gasteiger partial charge in [-0.15, -0.1) is 0 Å². The van der Waals surface area contributed by atoms with Crippen LogP contribution in [0, 0.1) is 0 Å². The highest BCUT2D eigenvalue weighted by Crippen LogP contribution is 2.15. The molecule has 0 saturated carbocycles. The zero-order valence-corrected chi connectivity index (χ0v) is 22.5. The highest BCUT2D eigenvalue weighted by molar-refractivity contribution is 7.91. The van der Waals surface area contributed by atoms with Crippen LogP contribution in [0.1, 0.15) is 106 Å². The minimum Gasteiger partial charge on any atom is -0.374 e. The third-order valence-electron chi connectivity index (χ3n) is 5.47. The molecule has 1 atom stereocenters. The summed E-state index contributed by atoms with van der Waals surface area (Å²) < 4.78 is 23.7. The van der Waals surface area contributed by atoms with E-state index in [9.17, 15) is 13.5 Å². The molecule has 32 heavy (non-hydrogen) atoms. The average molecular weight is 465 g/mol. The molecule has 0 bridgehead atoms. The van der Waals surface area contributed by atoms with E-state index >= 15 is 0 Å². The number of aliphatic hydroxyl groups excluding tert-OH is 1. The Balaban J connectivity index is 4.30. The molecule has 0 amide bonds. The zero-order chi connectivity index (χ0) is 24.6. The molecule has 0 aromatic rings. The van der Waals surface area contributed by atoms with Crippen LogP contribution in [0.5, 0.6) is 0 Å². The fraction of sp³-hybridized carbons (Fsp3) is 0.643. The van der Waals surface area contributed by atoms with Gasteiger partial charge in [-0.3, -0.25) is 0 Å². The Morgan fingerprint density at radius 2 is 1.06 bits per heavy atom. The molecule has 0 aliphatic carbocycles. The van der Waals surface area contributed by atoms with E-state index < -0.39 is 15.3 Å². The van der Waals surface area contributed by atoms with Crippen LogP contribution in [-0.2, 0) is 9.84 Å². The van der Waals surface area contributed by atoms with Crippen molar-refractivity contribution in [3.8, 4) is 0 Å². The average Bonchev–Trinajstić information content (AvgIpc) is 2.67. The lowest BCUT2D eigenvalue weighted by molar-refractivity contribution is 0.292. The highest BCUT2D eigenvalue weighted by Gasteiger charge is 2.19. The molecule has 0 spiro atoms. The smallest absolute Gasteiger partial charge is 0.180 e. The molecule has 0 aromatic carbocycles. The van der Waals surface area contributed by atoms with Gasteiger partial charge in [0.2, 0.25) is 0 Å². The molecular formula is C28H48O3S. The summed E-state index contributed by atoms with van der Waals surface area (Å²) in [6.45, 7) is 14.6. The van der Waals surface area contributed by atoms with Crippen molar-refractivity contribution in [2.75, 3.05) is 5.75 Å². The van der Waals surface area contributed by atoms with Gasteiger partial charge in [0.1, 0.15) is 0 Å². The maximum atomic E-state index is 11.9. The zero-order valence-electron chi connectivity index (χ0n) is 21.7. The summed E-state index contributed by atoms with van der Waals surface area (Å²) in [5, 5.41) is 9.91. The molecule has 184 valence electrons. The van der Waals surface area contributed by atoms with Gasteiger partial charge in [-0.1, -0.05) is 59.1 Å². The van der Waals surface area contributed by atoms with Gasteiger partial charge < -0.3 is 5.11 Å². The van der Waals surface area contributed by atoms with Crippen LogP contribution in [-0.4, -0.2) is 24.7 Å². The van der Waals surface area contributed by atoms with E-state index in [1.165, 1.54) is 28.4 Å². The van der Waals surface area contributed by atoms with Crippen molar-refractivity contribution in [3.05, 3.63) is 58.2 Å². The van der Waals surface area contributed by atoms with Crippen molar-refractivity contribution in [1.82, 2.24) is 0 Å². The van der Waals surface area contributed by atoms with Crippen molar-refractivity contribution in [2.24, 2.45) is 0 Å². The normalized spacial score (nSPS) is 15.1. The maximum absolute atomic E-state index is 11.9. The summed E-state index contributed by atoms with van der Waals surface area (Å²) in [4.78, 5) is 0. The monoisotopic (exact) mass is 464 g/mol. The number of hydrogen-bond donors (Lipinski definition) is 1. The van der Waals surface area contributed by atoms with Gasteiger partial charge in [0.05, 0.1) is 5.75 Å². The van der Waals surface area contributed by atoms with Crippen molar-refractivity contribution in [2.45, 2.75) is 112 Å². The van der Waals surface area contributed by atoms with Crippen LogP contribution in [0.25, 0.3) is 0 Å². The second kappa shape index (κ2) is 17.1. The van der Waals surface area contributed by atoms with Gasteiger partial charge in [0, 0.05) is 0 Å². The predicted molar refractivity (Wildman–Crippen MR) is 141 cm³/mol. The second-order valence-electron chi connectivity index (χ2n) is 9.36. The topological polar surface area (TPSA) is 54.4 Å². The number of rotatable bonds is 16. The second-order valence-corrected chi connectivity index (χ2v) is 11.6. The van der Waals surface area contributed by atoms with Crippen LogP contribution in [0.4, 0.5) is 0 Å². The molecule has 0 radical (unpaired) electrons. The molecule has 0 aliphatic heterocycles. The number of sulfone groups is 1. The number of hydrogen-bond acceptors (Lipinski definition) is 3. The number of aliphatic hydroxyl groups is 1. The summed E-state index contributed by atoms with van der Waals surface area (Å²) in [7, 11) is -3.43. The molecular weight excluding hydrogens is 416 g/mol. The lowest BCUT2D eigenvalue weighted by atomic mass is 10.0. The SMILES string of the molecule is CCCS(=O)(=O)C(O)/C=C(\C)CC/C=C(\C)CC/C=C(\C)CC/C=C(\C)CCC=C(C)C. The minimum atomic E-state index is -3.43. The fourth-order valence-corrected chi connectivity index (χ4v) is 4.62. The Morgan fingerprint density at radius 3 is 1.44 bits per heavy atom. The Morgan fingerprint density at radius 1 is 0.688 bits per heavy atom. The largest absolute Gasteiger partial charge is 0.374 e. The Kier molecular flexibility index (Phi) is 16.4. The van der Waals surface area contributed by atoms with Crippen molar-refractivity contribution in [1.29, 1.82) is 0 Å². The summed E-state index contributed by atoms with van der Waals surface area (Å²) in [6.07, 6.45) is 19.5. The van der Waals surface area contributed by atoms with E-state index in [0.29, 0.717) is 6.42 Å². The van der Waals surface area contributed by atoms with Gasteiger partial charge in [-0.05, 0) is 105 Å². The molecule has 4 heteroatoms. The summed E-state index contributed by atoms with van der Waals surface area (Å²) in [6, 6.07) is 0. The van der Waals surface area contributed by atoms with Gasteiger partial charge in [-0.25, -0.2) is 8.42 Å².